The van der Waals surface area contributed by atoms with Gasteiger partial charge in [0.15, 0.2) is 11.6 Å². The summed E-state index contributed by atoms with van der Waals surface area (Å²) in [6.45, 7) is 2.40. The van der Waals surface area contributed by atoms with Crippen molar-refractivity contribution in [1.82, 2.24) is 9.97 Å². The Balaban J connectivity index is 1.75. The summed E-state index contributed by atoms with van der Waals surface area (Å²) in [5.74, 6) is 0.690. The van der Waals surface area contributed by atoms with Crippen molar-refractivity contribution >= 4 is 50.2 Å². The highest BCUT2D eigenvalue weighted by Crippen LogP contribution is 2.27. The van der Waals surface area contributed by atoms with Crippen molar-refractivity contribution in [2.45, 2.75) is 6.92 Å². The van der Waals surface area contributed by atoms with E-state index in [0.29, 0.717) is 34.3 Å². The summed E-state index contributed by atoms with van der Waals surface area (Å²) in [4.78, 5) is 21.5. The maximum Gasteiger partial charge on any atom is 0.265 e. The van der Waals surface area contributed by atoms with Crippen LogP contribution in [0, 0.1) is 0 Å². The smallest absolute Gasteiger partial charge is 0.265 e. The first-order chi connectivity index (χ1) is 13.7. The van der Waals surface area contributed by atoms with Gasteiger partial charge in [-0.25, -0.2) is 18.4 Å². The molecule has 1 aromatic carbocycles. The van der Waals surface area contributed by atoms with Gasteiger partial charge in [0.1, 0.15) is 0 Å². The number of carbonyl (C=O) groups is 1. The summed E-state index contributed by atoms with van der Waals surface area (Å²) in [5.41, 5.74) is 1.32. The molecule has 0 unspecified atom stereocenters. The Kier molecular flexibility index (Phi) is 6.36. The van der Waals surface area contributed by atoms with E-state index < -0.39 is 10.0 Å². The van der Waals surface area contributed by atoms with Gasteiger partial charge in [-0.05, 0) is 31.2 Å². The molecule has 0 aliphatic heterocycles. The molecule has 0 radical (unpaired) electrons. The van der Waals surface area contributed by atoms with Crippen molar-refractivity contribution in [2.24, 2.45) is 0 Å². The van der Waals surface area contributed by atoms with Crippen molar-refractivity contribution in [2.75, 3.05) is 22.9 Å². The number of nitrogens with one attached hydrogen (secondary N) is 2. The molecule has 2 N–H and O–H groups in total. The van der Waals surface area contributed by atoms with Gasteiger partial charge in [0.25, 0.3) is 5.91 Å². The number of carbonyl (C=O) groups excluding carboxylic acids is 1. The number of thiophene rings is 1. The highest BCUT2D eigenvalue weighted by Gasteiger charge is 2.13. The molecule has 11 heteroatoms. The Morgan fingerprint density at radius 3 is 2.52 bits per heavy atom. The van der Waals surface area contributed by atoms with Crippen LogP contribution in [-0.2, 0) is 10.0 Å². The number of halogens is 1. The van der Waals surface area contributed by atoms with Crippen molar-refractivity contribution < 1.29 is 17.9 Å². The molecule has 0 saturated heterocycles. The highest BCUT2D eigenvalue weighted by molar-refractivity contribution is 7.92. The summed E-state index contributed by atoms with van der Waals surface area (Å²) < 4.78 is 30.4. The Morgan fingerprint density at radius 1 is 1.17 bits per heavy atom. The van der Waals surface area contributed by atoms with E-state index in [1.165, 1.54) is 29.5 Å². The van der Waals surface area contributed by atoms with Crippen LogP contribution in [0.5, 0.6) is 5.75 Å². The van der Waals surface area contributed by atoms with E-state index in [2.05, 4.69) is 20.0 Å². The minimum atomic E-state index is -3.47. The van der Waals surface area contributed by atoms with Crippen molar-refractivity contribution in [3.63, 3.8) is 0 Å². The van der Waals surface area contributed by atoms with E-state index in [9.17, 15) is 13.2 Å². The Bertz CT molecular complexity index is 1130. The van der Waals surface area contributed by atoms with Crippen molar-refractivity contribution in [1.29, 1.82) is 0 Å². The van der Waals surface area contributed by atoms with Crippen LogP contribution in [0.2, 0.25) is 5.02 Å². The van der Waals surface area contributed by atoms with Gasteiger partial charge in [-0.15, -0.1) is 11.3 Å². The topological polar surface area (TPSA) is 110 Å². The van der Waals surface area contributed by atoms with Gasteiger partial charge in [0.2, 0.25) is 10.0 Å². The van der Waals surface area contributed by atoms with E-state index in [0.717, 1.165) is 6.26 Å². The molecule has 3 rings (SSSR count). The molecule has 3 aromatic rings. The molecular weight excluding hydrogens is 436 g/mol. The zero-order valence-electron chi connectivity index (χ0n) is 15.5. The number of nitrogens with zero attached hydrogens (tertiary/aromatic N) is 2. The monoisotopic (exact) mass is 452 g/mol. The summed E-state index contributed by atoms with van der Waals surface area (Å²) in [5, 5.41) is 4.77. The summed E-state index contributed by atoms with van der Waals surface area (Å²) in [6, 6.07) is 6.13. The second-order valence-corrected chi connectivity index (χ2v) is 9.03. The third kappa shape index (κ3) is 5.89. The Labute approximate surface area is 177 Å². The van der Waals surface area contributed by atoms with Crippen LogP contribution >= 0.6 is 22.9 Å². The zero-order chi connectivity index (χ0) is 21.0. The van der Waals surface area contributed by atoms with Gasteiger partial charge in [-0.3, -0.25) is 9.52 Å². The first-order valence-electron chi connectivity index (χ1n) is 8.37. The van der Waals surface area contributed by atoms with Crippen LogP contribution < -0.4 is 14.8 Å². The van der Waals surface area contributed by atoms with Gasteiger partial charge in [0, 0.05) is 21.7 Å². The fraction of sp³-hybridized carbons (Fsp3) is 0.167. The number of benzene rings is 1. The third-order valence-corrected chi connectivity index (χ3v) is 5.23. The largest absolute Gasteiger partial charge is 0.491 e. The molecule has 0 saturated carbocycles. The van der Waals surface area contributed by atoms with E-state index in [-0.39, 0.29) is 16.6 Å². The molecule has 0 aliphatic rings. The zero-order valence-corrected chi connectivity index (χ0v) is 17.9. The van der Waals surface area contributed by atoms with Gasteiger partial charge in [-0.1, -0.05) is 11.6 Å². The first kappa shape index (κ1) is 21.0. The molecule has 8 nitrogen and oxygen atoms in total. The quantitative estimate of drug-likeness (QED) is 0.562. The number of aromatic nitrogens is 2. The molecule has 0 bridgehead atoms. The predicted molar refractivity (Wildman–Crippen MR) is 114 cm³/mol. The second-order valence-electron chi connectivity index (χ2n) is 5.93. The number of sulfonamides is 1. The lowest BCUT2D eigenvalue weighted by Crippen LogP contribution is -2.12. The van der Waals surface area contributed by atoms with Crippen LogP contribution in [0.25, 0.3) is 11.4 Å². The molecule has 152 valence electrons. The minimum absolute atomic E-state index is 0.255. The standard InChI is InChI=1S/C18H17ClN4O4S2/c1-3-27-15-8-20-17(21-9-15)11-4-16(28-10-11)18(24)22-13-5-12(19)6-14(7-13)23-29(2,25)26/h4-10,23H,3H2,1-2H3,(H,22,24). The number of hydrogen-bond donors (Lipinski definition) is 2. The summed E-state index contributed by atoms with van der Waals surface area (Å²) in [7, 11) is -3.47. The lowest BCUT2D eigenvalue weighted by molar-refractivity contribution is 0.103. The molecule has 1 amide bonds. The number of anilines is 2. The van der Waals surface area contributed by atoms with Crippen LogP contribution in [0.1, 0.15) is 16.6 Å². The van der Waals surface area contributed by atoms with E-state index >= 15 is 0 Å². The van der Waals surface area contributed by atoms with Crippen LogP contribution in [0.3, 0.4) is 0 Å². The van der Waals surface area contributed by atoms with Gasteiger partial charge >= 0.3 is 0 Å². The van der Waals surface area contributed by atoms with Crippen LogP contribution in [0.4, 0.5) is 11.4 Å². The minimum Gasteiger partial charge on any atom is -0.491 e. The maximum absolute atomic E-state index is 12.6. The summed E-state index contributed by atoms with van der Waals surface area (Å²) >= 11 is 7.25. The molecular formula is C18H17ClN4O4S2. The summed E-state index contributed by atoms with van der Waals surface area (Å²) in [6.07, 6.45) is 4.18. The van der Waals surface area contributed by atoms with Gasteiger partial charge in [-0.2, -0.15) is 0 Å². The molecule has 2 aromatic heterocycles. The lowest BCUT2D eigenvalue weighted by atomic mass is 10.2. The maximum atomic E-state index is 12.6. The molecule has 0 spiro atoms. The molecule has 29 heavy (non-hydrogen) atoms. The third-order valence-electron chi connectivity index (χ3n) is 3.48. The highest BCUT2D eigenvalue weighted by atomic mass is 35.5. The Hall–Kier alpha value is -2.69. The number of ether oxygens (including phenoxy) is 1. The van der Waals surface area contributed by atoms with Crippen molar-refractivity contribution in [3.8, 4) is 17.1 Å². The first-order valence-corrected chi connectivity index (χ1v) is 11.5. The fourth-order valence-corrected chi connectivity index (χ4v) is 3.97. The van der Waals surface area contributed by atoms with E-state index in [1.807, 2.05) is 6.92 Å². The average Bonchev–Trinajstić information content (AvgIpc) is 3.11. The normalized spacial score (nSPS) is 11.1. The molecule has 0 fully saturated rings. The SMILES string of the molecule is CCOc1cnc(-c2csc(C(=O)Nc3cc(Cl)cc(NS(C)(=O)=O)c3)c2)nc1. The molecule has 0 aliphatic carbocycles. The fourth-order valence-electron chi connectivity index (χ4n) is 2.41. The average molecular weight is 453 g/mol. The van der Waals surface area contributed by atoms with Crippen LogP contribution in [-0.4, -0.2) is 37.2 Å². The number of rotatable bonds is 7. The van der Waals surface area contributed by atoms with E-state index in [1.54, 1.807) is 23.8 Å². The van der Waals surface area contributed by atoms with Crippen molar-refractivity contribution in [3.05, 3.63) is 51.9 Å². The number of hydrogen-bond acceptors (Lipinski definition) is 7. The lowest BCUT2D eigenvalue weighted by Gasteiger charge is -2.09. The van der Waals surface area contributed by atoms with Gasteiger partial charge in [0.05, 0.1) is 35.8 Å². The van der Waals surface area contributed by atoms with E-state index in [4.69, 9.17) is 16.3 Å². The van der Waals surface area contributed by atoms with Crippen LogP contribution in [0.15, 0.2) is 42.0 Å². The predicted octanol–water partition coefficient (Wildman–Crippen LogP) is 3.88. The molecule has 2 heterocycles. The Morgan fingerprint density at radius 2 is 1.86 bits per heavy atom. The van der Waals surface area contributed by atoms with Gasteiger partial charge < -0.3 is 10.1 Å². The second kappa shape index (κ2) is 8.76. The molecule has 0 atom stereocenters. The number of amides is 1.